The number of para-hydroxylation sites is 1. The zero-order valence-electron chi connectivity index (χ0n) is 22.5. The number of benzene rings is 3. The Labute approximate surface area is 242 Å². The number of anilines is 1. The standard InChI is InChI=1S/C32H31BrN2O5/c1-4-40-29(37)28-27(21-11-7-5-8-12-21)32(20(2)34-35(30(32)38)24-13-9-6-10-14-24)26(25(19-36)31(28,3)39)22-15-17-23(33)18-16-22/h5-19,25-28,39H,4H2,1-3H3/t25-,26-,27+,28-,31-,32-/m1/s1. The van der Waals surface area contributed by atoms with Crippen LogP contribution in [0.3, 0.4) is 0 Å². The second kappa shape index (κ2) is 10.7. The molecule has 40 heavy (non-hydrogen) atoms. The largest absolute Gasteiger partial charge is 0.466 e. The van der Waals surface area contributed by atoms with E-state index in [1.807, 2.05) is 72.8 Å². The molecule has 2 aliphatic rings. The van der Waals surface area contributed by atoms with Gasteiger partial charge in [0.15, 0.2) is 0 Å². The van der Waals surface area contributed by atoms with Crippen LogP contribution in [0.5, 0.6) is 0 Å². The number of aldehydes is 1. The normalized spacial score (nSPS) is 29.8. The topological polar surface area (TPSA) is 96.3 Å². The van der Waals surface area contributed by atoms with E-state index in [1.54, 1.807) is 26.0 Å². The van der Waals surface area contributed by atoms with Gasteiger partial charge in [0.1, 0.15) is 11.7 Å². The molecule has 8 heteroatoms. The number of halogens is 1. The van der Waals surface area contributed by atoms with E-state index in [2.05, 4.69) is 15.9 Å². The van der Waals surface area contributed by atoms with Crippen molar-refractivity contribution in [1.82, 2.24) is 0 Å². The molecule has 1 amide bonds. The van der Waals surface area contributed by atoms with E-state index in [0.717, 1.165) is 4.47 Å². The lowest BCUT2D eigenvalue weighted by atomic mass is 9.44. The minimum absolute atomic E-state index is 0.0823. The number of rotatable bonds is 6. The molecule has 7 nitrogen and oxygen atoms in total. The molecule has 3 aromatic carbocycles. The fraction of sp³-hybridized carbons (Fsp3) is 0.312. The van der Waals surface area contributed by atoms with Gasteiger partial charge in [-0.15, -0.1) is 0 Å². The van der Waals surface area contributed by atoms with Crippen molar-refractivity contribution in [2.24, 2.45) is 22.4 Å². The fourth-order valence-electron chi connectivity index (χ4n) is 6.77. The van der Waals surface area contributed by atoms with Gasteiger partial charge in [-0.3, -0.25) is 9.59 Å². The smallest absolute Gasteiger partial charge is 0.312 e. The van der Waals surface area contributed by atoms with Gasteiger partial charge in [-0.2, -0.15) is 10.1 Å². The van der Waals surface area contributed by atoms with E-state index < -0.39 is 40.7 Å². The van der Waals surface area contributed by atoms with Crippen molar-refractivity contribution >= 4 is 45.5 Å². The maximum Gasteiger partial charge on any atom is 0.312 e. The summed E-state index contributed by atoms with van der Waals surface area (Å²) >= 11 is 3.48. The maximum atomic E-state index is 15.0. The van der Waals surface area contributed by atoms with Crippen molar-refractivity contribution in [2.45, 2.75) is 38.2 Å². The first-order chi connectivity index (χ1) is 19.2. The van der Waals surface area contributed by atoms with Gasteiger partial charge in [-0.05, 0) is 56.2 Å². The first kappa shape index (κ1) is 27.9. The van der Waals surface area contributed by atoms with Crippen LogP contribution in [0.4, 0.5) is 5.69 Å². The van der Waals surface area contributed by atoms with Crippen molar-refractivity contribution in [3.63, 3.8) is 0 Å². The Morgan fingerprint density at radius 1 is 1.00 bits per heavy atom. The lowest BCUT2D eigenvalue weighted by Gasteiger charge is -2.57. The molecule has 1 heterocycles. The summed E-state index contributed by atoms with van der Waals surface area (Å²) in [5.41, 5.74) is -0.960. The summed E-state index contributed by atoms with van der Waals surface area (Å²) in [4.78, 5) is 41.8. The highest BCUT2D eigenvalue weighted by molar-refractivity contribution is 9.10. The van der Waals surface area contributed by atoms with E-state index in [9.17, 15) is 19.5 Å². The molecule has 1 aliphatic carbocycles. The molecule has 0 unspecified atom stereocenters. The van der Waals surface area contributed by atoms with Crippen molar-refractivity contribution < 1.29 is 24.2 Å². The van der Waals surface area contributed by atoms with E-state index in [4.69, 9.17) is 9.84 Å². The van der Waals surface area contributed by atoms with Gasteiger partial charge in [0.25, 0.3) is 5.91 Å². The maximum absolute atomic E-state index is 15.0. The number of carbonyl (C=O) groups excluding carboxylic acids is 3. The number of amides is 1. The number of carbonyl (C=O) groups is 3. The molecular weight excluding hydrogens is 572 g/mol. The van der Waals surface area contributed by atoms with Gasteiger partial charge in [-0.1, -0.05) is 76.6 Å². The van der Waals surface area contributed by atoms with Crippen LogP contribution in [-0.4, -0.2) is 41.2 Å². The van der Waals surface area contributed by atoms with Gasteiger partial charge < -0.3 is 14.6 Å². The molecule has 0 aromatic heterocycles. The van der Waals surface area contributed by atoms with Crippen LogP contribution in [0.1, 0.15) is 43.7 Å². The van der Waals surface area contributed by atoms with Crippen LogP contribution in [-0.2, 0) is 19.1 Å². The van der Waals surface area contributed by atoms with Crippen molar-refractivity contribution in [3.8, 4) is 0 Å². The highest BCUT2D eigenvalue weighted by Crippen LogP contribution is 2.65. The molecular formula is C32H31BrN2O5. The number of hydrogen-bond acceptors (Lipinski definition) is 6. The van der Waals surface area contributed by atoms with E-state index >= 15 is 0 Å². The Kier molecular flexibility index (Phi) is 7.50. The molecule has 0 bridgehead atoms. The molecule has 1 saturated carbocycles. The number of hydrazone groups is 1. The summed E-state index contributed by atoms with van der Waals surface area (Å²) in [7, 11) is 0. The van der Waals surface area contributed by atoms with Gasteiger partial charge in [-0.25, -0.2) is 0 Å². The quantitative estimate of drug-likeness (QED) is 0.297. The number of esters is 1. The predicted molar refractivity (Wildman–Crippen MR) is 156 cm³/mol. The predicted octanol–water partition coefficient (Wildman–Crippen LogP) is 5.48. The molecule has 1 N–H and O–H groups in total. The average molecular weight is 604 g/mol. The average Bonchev–Trinajstić information content (AvgIpc) is 3.21. The van der Waals surface area contributed by atoms with E-state index in [-0.39, 0.29) is 12.5 Å². The van der Waals surface area contributed by atoms with Crippen LogP contribution >= 0.6 is 15.9 Å². The lowest BCUT2D eigenvalue weighted by molar-refractivity contribution is -0.179. The number of ether oxygens (including phenoxy) is 1. The SMILES string of the molecule is CCOC(=O)[C@H]1[C@H](c2ccccc2)[C@]2(C(=O)N(c3ccccc3)N=C2C)[C@H](c2ccc(Br)cc2)[C@@H](C=O)[C@@]1(C)O. The molecule has 1 aliphatic heterocycles. The lowest BCUT2D eigenvalue weighted by Crippen LogP contribution is -2.66. The minimum atomic E-state index is -1.85. The van der Waals surface area contributed by atoms with Crippen LogP contribution in [0.25, 0.3) is 0 Å². The summed E-state index contributed by atoms with van der Waals surface area (Å²) in [6, 6.07) is 25.7. The molecule has 3 aromatic rings. The summed E-state index contributed by atoms with van der Waals surface area (Å²) in [5, 5.41) is 18.3. The summed E-state index contributed by atoms with van der Waals surface area (Å²) in [6.07, 6.45) is 0.674. The Morgan fingerprint density at radius 2 is 1.57 bits per heavy atom. The van der Waals surface area contributed by atoms with Crippen LogP contribution in [0, 0.1) is 17.3 Å². The summed E-state index contributed by atoms with van der Waals surface area (Å²) < 4.78 is 6.34. The summed E-state index contributed by atoms with van der Waals surface area (Å²) in [5.74, 6) is -5.13. The summed E-state index contributed by atoms with van der Waals surface area (Å²) in [6.45, 7) is 5.05. The molecule has 0 radical (unpaired) electrons. The molecule has 6 atom stereocenters. The van der Waals surface area contributed by atoms with Gasteiger partial charge >= 0.3 is 5.97 Å². The third-order valence-electron chi connectivity index (χ3n) is 8.45. The first-order valence-corrected chi connectivity index (χ1v) is 14.1. The second-order valence-corrected chi connectivity index (χ2v) is 11.5. The Hall–Kier alpha value is -3.62. The highest BCUT2D eigenvalue weighted by atomic mass is 79.9. The monoisotopic (exact) mass is 602 g/mol. The van der Waals surface area contributed by atoms with Crippen molar-refractivity contribution in [3.05, 3.63) is 101 Å². The minimum Gasteiger partial charge on any atom is -0.466 e. The Morgan fingerprint density at radius 3 is 2.15 bits per heavy atom. The fourth-order valence-corrected chi connectivity index (χ4v) is 7.03. The van der Waals surface area contributed by atoms with Crippen molar-refractivity contribution in [1.29, 1.82) is 0 Å². The zero-order valence-corrected chi connectivity index (χ0v) is 24.1. The van der Waals surface area contributed by atoms with Crippen molar-refractivity contribution in [2.75, 3.05) is 11.6 Å². The molecule has 1 fully saturated rings. The Balaban J connectivity index is 1.88. The van der Waals surface area contributed by atoms with Gasteiger partial charge in [0.2, 0.25) is 0 Å². The van der Waals surface area contributed by atoms with E-state index in [1.165, 1.54) is 11.9 Å². The third-order valence-corrected chi connectivity index (χ3v) is 8.98. The van der Waals surface area contributed by atoms with Gasteiger partial charge in [0.05, 0.1) is 35.4 Å². The van der Waals surface area contributed by atoms with Gasteiger partial charge in [0, 0.05) is 16.3 Å². The molecule has 0 saturated heterocycles. The molecule has 206 valence electrons. The van der Waals surface area contributed by atoms with Crippen LogP contribution < -0.4 is 5.01 Å². The number of hydrogen-bond donors (Lipinski definition) is 1. The first-order valence-electron chi connectivity index (χ1n) is 13.3. The second-order valence-electron chi connectivity index (χ2n) is 10.5. The number of aliphatic hydroxyl groups is 1. The third kappa shape index (κ3) is 4.21. The Bertz CT molecular complexity index is 1440. The molecule has 5 rings (SSSR count). The zero-order chi connectivity index (χ0) is 28.7. The number of nitrogens with zero attached hydrogens (tertiary/aromatic N) is 2. The van der Waals surface area contributed by atoms with Crippen LogP contribution in [0.2, 0.25) is 0 Å². The van der Waals surface area contributed by atoms with E-state index in [0.29, 0.717) is 28.8 Å². The highest BCUT2D eigenvalue weighted by Gasteiger charge is 2.72. The molecule has 1 spiro atoms. The van der Waals surface area contributed by atoms with Crippen LogP contribution in [0.15, 0.2) is 94.5 Å².